The molecule has 0 N–H and O–H groups in total. The van der Waals surface area contributed by atoms with Crippen molar-refractivity contribution in [1.82, 2.24) is 0 Å². The van der Waals surface area contributed by atoms with Gasteiger partial charge in [-0.2, -0.15) is 35.4 Å². The van der Waals surface area contributed by atoms with E-state index in [1.165, 1.54) is 99.8 Å². The second-order valence-electron chi connectivity index (χ2n) is 18.8. The van der Waals surface area contributed by atoms with Gasteiger partial charge in [0.15, 0.2) is 0 Å². The van der Waals surface area contributed by atoms with Crippen LogP contribution in [-0.4, -0.2) is 3.21 Å². The van der Waals surface area contributed by atoms with Gasteiger partial charge in [-0.15, -0.1) is 16.7 Å². The van der Waals surface area contributed by atoms with Crippen LogP contribution in [0.15, 0.2) is 91.0 Å². The molecule has 6 rings (SSSR count). The van der Waals surface area contributed by atoms with E-state index in [0.717, 1.165) is 6.42 Å². The molecule has 53 heavy (non-hydrogen) atoms. The SMILES string of the molecule is CC(C)(C)c1[c-]c2c(cc1C(C)(C)C)-c1cc(C(C)(C)C)c(C(C)(C)C)cc1C2.C[c-]1cccc1.Cc1ccc([C](=[Zr+2])c2ccc(C)cc2)cc1.[Cl-].[Cl-]. The van der Waals surface area contributed by atoms with Crippen molar-refractivity contribution in [1.29, 1.82) is 0 Å². The van der Waals surface area contributed by atoms with E-state index in [9.17, 15) is 0 Å². The standard InChI is InChI=1S/C29H41.C15H14.C6H7.2ClH.Zr/c1-26(2,3)22-14-18-13-19-15-23(27(4,5)6)25(29(10,11)12)17-21(19)20(18)16-24(22)28(7,8)9;1-12-3-7-14(8-4-12)11-15-9-5-13(2)6-10-15;1-6-4-2-3-5-6;;;/h14,16-17H,13H2,1-12H3;3-10H,1-2H3;2-5H,1H3;2*1H;/q-1;;-1;;;+2/p-2. The third-order valence-corrected chi connectivity index (χ3v) is 11.2. The summed E-state index contributed by atoms with van der Waals surface area (Å²) in [6, 6.07) is 37.2. The Kier molecular flexibility index (Phi) is 15.9. The van der Waals surface area contributed by atoms with E-state index in [2.05, 4.69) is 189 Å². The Labute approximate surface area is 351 Å². The van der Waals surface area contributed by atoms with Crippen molar-refractivity contribution >= 4 is 3.21 Å². The molecular weight excluding hydrogens is 763 g/mol. The maximum absolute atomic E-state index is 3.90. The summed E-state index contributed by atoms with van der Waals surface area (Å²) in [7, 11) is 0. The van der Waals surface area contributed by atoms with Crippen molar-refractivity contribution in [3.8, 4) is 11.1 Å². The normalized spacial score (nSPS) is 12.2. The summed E-state index contributed by atoms with van der Waals surface area (Å²) in [5, 5.41) is 0. The van der Waals surface area contributed by atoms with E-state index in [1.807, 2.05) is 12.1 Å². The summed E-state index contributed by atoms with van der Waals surface area (Å²) in [5.41, 5.74) is 18.6. The molecule has 0 atom stereocenters. The molecule has 1 aliphatic rings. The molecule has 0 amide bonds. The van der Waals surface area contributed by atoms with Crippen LogP contribution < -0.4 is 24.8 Å². The Hall–Kier alpha value is -2.44. The van der Waals surface area contributed by atoms with E-state index < -0.39 is 0 Å². The van der Waals surface area contributed by atoms with E-state index in [-0.39, 0.29) is 46.5 Å². The van der Waals surface area contributed by atoms with E-state index in [1.54, 1.807) is 0 Å². The maximum Gasteiger partial charge on any atom is -1.00 e. The Morgan fingerprint density at radius 2 is 0.962 bits per heavy atom. The van der Waals surface area contributed by atoms with Crippen LogP contribution in [0.4, 0.5) is 0 Å². The molecule has 0 bridgehead atoms. The minimum Gasteiger partial charge on any atom is -1.00 e. The van der Waals surface area contributed by atoms with Crippen molar-refractivity contribution in [3.63, 3.8) is 0 Å². The molecule has 0 spiro atoms. The van der Waals surface area contributed by atoms with Crippen LogP contribution in [0.2, 0.25) is 0 Å². The molecule has 0 aliphatic heterocycles. The van der Waals surface area contributed by atoms with Crippen LogP contribution in [0.1, 0.15) is 144 Å². The van der Waals surface area contributed by atoms with Gasteiger partial charge in [-0.05, 0) is 39.4 Å². The molecule has 0 radical (unpaired) electrons. The Morgan fingerprint density at radius 3 is 1.32 bits per heavy atom. The molecule has 0 nitrogen and oxygen atoms in total. The number of halogens is 2. The van der Waals surface area contributed by atoms with E-state index in [0.29, 0.717) is 0 Å². The van der Waals surface area contributed by atoms with Gasteiger partial charge in [0.05, 0.1) is 0 Å². The van der Waals surface area contributed by atoms with Gasteiger partial charge in [0.2, 0.25) is 0 Å². The first-order valence-corrected chi connectivity index (χ1v) is 19.9. The van der Waals surface area contributed by atoms with Gasteiger partial charge in [0, 0.05) is 0 Å². The monoisotopic (exact) mass is 822 g/mol. The van der Waals surface area contributed by atoms with Crippen LogP contribution in [0.25, 0.3) is 11.1 Å². The number of hydrogen-bond acceptors (Lipinski definition) is 0. The quantitative estimate of drug-likeness (QED) is 0.160. The molecule has 5 aromatic rings. The summed E-state index contributed by atoms with van der Waals surface area (Å²) < 4.78 is 1.42. The summed E-state index contributed by atoms with van der Waals surface area (Å²) in [5.74, 6) is 0. The van der Waals surface area contributed by atoms with Crippen LogP contribution >= 0.6 is 0 Å². The molecule has 3 heteroatoms. The number of fused-ring (bicyclic) bond motifs is 3. The average Bonchev–Trinajstić information content (AvgIpc) is 3.65. The van der Waals surface area contributed by atoms with E-state index >= 15 is 0 Å². The first kappa shape index (κ1) is 46.7. The molecule has 282 valence electrons. The maximum atomic E-state index is 3.90. The second kappa shape index (κ2) is 18.0. The largest absolute Gasteiger partial charge is 1.00 e. The molecular formula is C50H62Cl2Zr-2. The molecule has 5 aromatic carbocycles. The fourth-order valence-corrected chi connectivity index (χ4v) is 7.52. The minimum atomic E-state index is 0. The Morgan fingerprint density at radius 1 is 0.566 bits per heavy atom. The zero-order chi connectivity index (χ0) is 38.1. The van der Waals surface area contributed by atoms with Crippen molar-refractivity contribution in [2.24, 2.45) is 0 Å². The fourth-order valence-electron chi connectivity index (χ4n) is 6.70. The predicted molar refractivity (Wildman–Crippen MR) is 221 cm³/mol. The van der Waals surface area contributed by atoms with Gasteiger partial charge in [-0.3, -0.25) is 0 Å². The molecule has 0 unspecified atom stereocenters. The summed E-state index contributed by atoms with van der Waals surface area (Å²) in [6.07, 6.45) is 1.01. The zero-order valence-electron chi connectivity index (χ0n) is 35.1. The summed E-state index contributed by atoms with van der Waals surface area (Å²) >= 11 is 1.46. The summed E-state index contributed by atoms with van der Waals surface area (Å²) in [4.78, 5) is 0. The minimum absolute atomic E-state index is 0. The van der Waals surface area contributed by atoms with Crippen molar-refractivity contribution < 1.29 is 49.0 Å². The van der Waals surface area contributed by atoms with Gasteiger partial charge >= 0.3 is 112 Å². The molecule has 0 saturated heterocycles. The average molecular weight is 825 g/mol. The van der Waals surface area contributed by atoms with Crippen LogP contribution in [-0.2, 0) is 52.3 Å². The Balaban J connectivity index is 0.000000338. The zero-order valence-corrected chi connectivity index (χ0v) is 39.1. The molecule has 0 aromatic heterocycles. The molecule has 1 aliphatic carbocycles. The first-order chi connectivity index (χ1) is 23.5. The smallest absolute Gasteiger partial charge is 1.00 e. The number of rotatable bonds is 2. The van der Waals surface area contributed by atoms with Crippen LogP contribution in [0, 0.1) is 26.8 Å². The second-order valence-corrected chi connectivity index (χ2v) is 20.0. The van der Waals surface area contributed by atoms with Gasteiger partial charge in [0.25, 0.3) is 0 Å². The van der Waals surface area contributed by atoms with Crippen molar-refractivity contribution in [2.75, 3.05) is 0 Å². The van der Waals surface area contributed by atoms with Crippen LogP contribution in [0.5, 0.6) is 0 Å². The number of benzene rings is 4. The molecule has 0 saturated carbocycles. The Bertz CT molecular complexity index is 1820. The van der Waals surface area contributed by atoms with Crippen molar-refractivity contribution in [3.05, 3.63) is 158 Å². The first-order valence-electron chi connectivity index (χ1n) is 18.7. The summed E-state index contributed by atoms with van der Waals surface area (Å²) in [6.45, 7) is 34.3. The third-order valence-electron chi connectivity index (χ3n) is 9.74. The molecule has 0 fully saturated rings. The van der Waals surface area contributed by atoms with Gasteiger partial charge in [-0.1, -0.05) is 113 Å². The fraction of sp³-hybridized carbons (Fsp3) is 0.400. The number of aryl methyl sites for hydroxylation is 3. The number of hydrogen-bond donors (Lipinski definition) is 0. The third kappa shape index (κ3) is 12.0. The van der Waals surface area contributed by atoms with Crippen LogP contribution in [0.3, 0.4) is 0 Å². The van der Waals surface area contributed by atoms with Gasteiger partial charge < -0.3 is 24.8 Å². The van der Waals surface area contributed by atoms with Gasteiger partial charge in [-0.25, -0.2) is 12.1 Å². The molecule has 0 heterocycles. The van der Waals surface area contributed by atoms with Gasteiger partial charge in [0.1, 0.15) is 0 Å². The predicted octanol–water partition coefficient (Wildman–Crippen LogP) is 7.39. The van der Waals surface area contributed by atoms with E-state index in [4.69, 9.17) is 0 Å². The topological polar surface area (TPSA) is 0 Å². The van der Waals surface area contributed by atoms with Crippen molar-refractivity contribution in [2.45, 2.75) is 132 Å².